The van der Waals surface area contributed by atoms with Crippen molar-refractivity contribution in [1.82, 2.24) is 19.7 Å². The van der Waals surface area contributed by atoms with Crippen molar-refractivity contribution in [2.45, 2.75) is 25.9 Å². The zero-order chi connectivity index (χ0) is 18.6. The highest BCUT2D eigenvalue weighted by Gasteiger charge is 2.24. The van der Waals surface area contributed by atoms with Crippen LogP contribution in [0, 0.1) is 5.82 Å². The van der Waals surface area contributed by atoms with Crippen molar-refractivity contribution in [3.63, 3.8) is 0 Å². The smallest absolute Gasteiger partial charge is 0.275 e. The lowest BCUT2D eigenvalue weighted by Crippen LogP contribution is -2.45. The monoisotopic (exact) mass is 372 g/mol. The fourth-order valence-corrected chi connectivity index (χ4v) is 3.73. The number of piperazine rings is 1. The average Bonchev–Trinajstić information content (AvgIpc) is 3.37. The maximum atomic E-state index is 13.8. The molecular formula is C20H25FN4O2. The Morgan fingerprint density at radius 3 is 2.37 bits per heavy atom. The number of hydrogen-bond acceptors (Lipinski definition) is 5. The van der Waals surface area contributed by atoms with E-state index in [-0.39, 0.29) is 11.7 Å². The second-order valence-corrected chi connectivity index (χ2v) is 7.27. The van der Waals surface area contributed by atoms with Gasteiger partial charge in [-0.15, -0.1) is 0 Å². The maximum absolute atomic E-state index is 13.8. The molecule has 27 heavy (non-hydrogen) atoms. The first-order valence-corrected chi connectivity index (χ1v) is 9.61. The molecular weight excluding hydrogens is 347 g/mol. The van der Waals surface area contributed by atoms with E-state index in [2.05, 4.69) is 14.8 Å². The Kier molecular flexibility index (Phi) is 5.50. The number of amides is 1. The third kappa shape index (κ3) is 4.36. The number of likely N-dealkylation sites (tertiary alicyclic amines) is 1. The summed E-state index contributed by atoms with van der Waals surface area (Å²) in [6.45, 7) is 6.33. The van der Waals surface area contributed by atoms with Crippen molar-refractivity contribution in [3.8, 4) is 0 Å². The van der Waals surface area contributed by atoms with Gasteiger partial charge < -0.3 is 9.32 Å². The molecule has 0 radical (unpaired) electrons. The predicted molar refractivity (Wildman–Crippen MR) is 98.6 cm³/mol. The molecule has 0 spiro atoms. The van der Waals surface area contributed by atoms with E-state index in [1.54, 1.807) is 6.07 Å². The van der Waals surface area contributed by atoms with Crippen LogP contribution in [0.25, 0.3) is 0 Å². The van der Waals surface area contributed by atoms with E-state index >= 15 is 0 Å². The quantitative estimate of drug-likeness (QED) is 0.807. The topological polar surface area (TPSA) is 52.8 Å². The Morgan fingerprint density at radius 2 is 1.67 bits per heavy atom. The van der Waals surface area contributed by atoms with Crippen molar-refractivity contribution in [2.24, 2.45) is 0 Å². The van der Waals surface area contributed by atoms with Crippen LogP contribution >= 0.6 is 0 Å². The summed E-state index contributed by atoms with van der Waals surface area (Å²) in [7, 11) is 0. The minimum Gasteiger partial charge on any atom is -0.447 e. The maximum Gasteiger partial charge on any atom is 0.275 e. The standard InChI is InChI=1S/C20H25FN4O2/c21-17-6-2-1-5-16(17)13-23-9-11-24(12-10-23)14-19-22-18(15-27-19)20(26)25-7-3-4-8-25/h1-2,5-6,15H,3-4,7-14H2. The molecule has 1 aromatic heterocycles. The Hall–Kier alpha value is -2.25. The molecule has 0 unspecified atom stereocenters. The highest BCUT2D eigenvalue weighted by atomic mass is 19.1. The number of carbonyl (C=O) groups is 1. The van der Waals surface area contributed by atoms with Crippen LogP contribution in [-0.2, 0) is 13.1 Å². The van der Waals surface area contributed by atoms with Crippen molar-refractivity contribution in [2.75, 3.05) is 39.3 Å². The molecule has 144 valence electrons. The molecule has 6 nitrogen and oxygen atoms in total. The molecule has 0 atom stereocenters. The van der Waals surface area contributed by atoms with Crippen LogP contribution in [-0.4, -0.2) is 64.9 Å². The molecule has 2 aliphatic rings. The molecule has 1 aromatic carbocycles. The van der Waals surface area contributed by atoms with Crippen molar-refractivity contribution in [3.05, 3.63) is 53.5 Å². The normalized spacial score (nSPS) is 18.9. The van der Waals surface area contributed by atoms with E-state index in [1.807, 2.05) is 17.0 Å². The summed E-state index contributed by atoms with van der Waals surface area (Å²) in [6.07, 6.45) is 3.60. The number of benzene rings is 1. The van der Waals surface area contributed by atoms with Crippen LogP contribution in [0.3, 0.4) is 0 Å². The molecule has 2 aliphatic heterocycles. The number of aromatic nitrogens is 1. The third-order valence-corrected chi connectivity index (χ3v) is 5.34. The van der Waals surface area contributed by atoms with Gasteiger partial charge in [-0.2, -0.15) is 0 Å². The van der Waals surface area contributed by atoms with Crippen LogP contribution < -0.4 is 0 Å². The molecule has 0 aliphatic carbocycles. The minimum atomic E-state index is -0.144. The number of carbonyl (C=O) groups excluding carboxylic acids is 1. The van der Waals surface area contributed by atoms with Gasteiger partial charge in [-0.1, -0.05) is 18.2 Å². The van der Waals surface area contributed by atoms with Crippen LogP contribution in [0.5, 0.6) is 0 Å². The highest BCUT2D eigenvalue weighted by Crippen LogP contribution is 2.16. The molecule has 2 aromatic rings. The summed E-state index contributed by atoms with van der Waals surface area (Å²) in [5.74, 6) is 0.409. The number of oxazole rings is 1. The van der Waals surface area contributed by atoms with E-state index < -0.39 is 0 Å². The summed E-state index contributed by atoms with van der Waals surface area (Å²) in [5, 5.41) is 0. The molecule has 0 bridgehead atoms. The molecule has 0 saturated carbocycles. The number of halogens is 1. The van der Waals surface area contributed by atoms with E-state index in [0.717, 1.165) is 57.7 Å². The van der Waals surface area contributed by atoms with Gasteiger partial charge in [0.2, 0.25) is 5.89 Å². The first-order chi connectivity index (χ1) is 13.2. The van der Waals surface area contributed by atoms with Gasteiger partial charge in [-0.25, -0.2) is 9.37 Å². The molecule has 2 fully saturated rings. The lowest BCUT2D eigenvalue weighted by molar-refractivity contribution is 0.0786. The molecule has 3 heterocycles. The largest absolute Gasteiger partial charge is 0.447 e. The predicted octanol–water partition coefficient (Wildman–Crippen LogP) is 2.37. The molecule has 1 amide bonds. The first-order valence-electron chi connectivity index (χ1n) is 9.61. The lowest BCUT2D eigenvalue weighted by atomic mass is 10.2. The second kappa shape index (κ2) is 8.19. The SMILES string of the molecule is O=C(c1coc(CN2CCN(Cc3ccccc3F)CC2)n1)N1CCCC1. The number of hydrogen-bond donors (Lipinski definition) is 0. The van der Waals surface area contributed by atoms with Crippen LogP contribution in [0.1, 0.15) is 34.8 Å². The Balaban J connectivity index is 1.27. The van der Waals surface area contributed by atoms with Crippen molar-refractivity contribution < 1.29 is 13.6 Å². The van der Waals surface area contributed by atoms with E-state index in [1.165, 1.54) is 12.3 Å². The highest BCUT2D eigenvalue weighted by molar-refractivity contribution is 5.92. The molecule has 0 N–H and O–H groups in total. The van der Waals surface area contributed by atoms with Crippen LogP contribution in [0.4, 0.5) is 4.39 Å². The third-order valence-electron chi connectivity index (χ3n) is 5.34. The van der Waals surface area contributed by atoms with E-state index in [0.29, 0.717) is 24.7 Å². The summed E-state index contributed by atoms with van der Waals surface area (Å²) in [6, 6.07) is 6.94. The van der Waals surface area contributed by atoms with Gasteiger partial charge in [0.05, 0.1) is 6.54 Å². The number of rotatable bonds is 5. The van der Waals surface area contributed by atoms with Crippen LogP contribution in [0.15, 0.2) is 34.9 Å². The number of nitrogens with zero attached hydrogens (tertiary/aromatic N) is 4. The van der Waals surface area contributed by atoms with Crippen molar-refractivity contribution >= 4 is 5.91 Å². The Labute approximate surface area is 158 Å². The van der Waals surface area contributed by atoms with Crippen LogP contribution in [0.2, 0.25) is 0 Å². The lowest BCUT2D eigenvalue weighted by Gasteiger charge is -2.34. The van der Waals surface area contributed by atoms with Gasteiger partial charge in [0.25, 0.3) is 5.91 Å². The second-order valence-electron chi connectivity index (χ2n) is 7.27. The Morgan fingerprint density at radius 1 is 1.00 bits per heavy atom. The summed E-state index contributed by atoms with van der Waals surface area (Å²) in [5.41, 5.74) is 1.15. The van der Waals surface area contributed by atoms with Gasteiger partial charge in [0.15, 0.2) is 5.69 Å². The summed E-state index contributed by atoms with van der Waals surface area (Å²) >= 11 is 0. The summed E-state index contributed by atoms with van der Waals surface area (Å²) < 4.78 is 19.3. The fourth-order valence-electron chi connectivity index (χ4n) is 3.73. The zero-order valence-corrected chi connectivity index (χ0v) is 15.4. The summed E-state index contributed by atoms with van der Waals surface area (Å²) in [4.78, 5) is 23.1. The van der Waals surface area contributed by atoms with Gasteiger partial charge >= 0.3 is 0 Å². The van der Waals surface area contributed by atoms with Crippen molar-refractivity contribution in [1.29, 1.82) is 0 Å². The fraction of sp³-hybridized carbons (Fsp3) is 0.500. The van der Waals surface area contributed by atoms with E-state index in [4.69, 9.17) is 4.42 Å². The van der Waals surface area contributed by atoms with Gasteiger partial charge in [0.1, 0.15) is 12.1 Å². The van der Waals surface area contributed by atoms with Gasteiger partial charge in [-0.3, -0.25) is 14.6 Å². The minimum absolute atomic E-state index is 0.0304. The zero-order valence-electron chi connectivity index (χ0n) is 15.4. The average molecular weight is 372 g/mol. The van der Waals surface area contributed by atoms with E-state index in [9.17, 15) is 9.18 Å². The molecule has 7 heteroatoms. The molecule has 2 saturated heterocycles. The first kappa shape index (κ1) is 18.1. The van der Waals surface area contributed by atoms with Gasteiger partial charge in [-0.05, 0) is 18.9 Å². The molecule has 4 rings (SSSR count). The van der Waals surface area contributed by atoms with Gasteiger partial charge in [0, 0.05) is 51.4 Å². The Bertz CT molecular complexity index is 780.